The van der Waals surface area contributed by atoms with Gasteiger partial charge in [-0.05, 0) is 103 Å². The molecule has 0 amide bonds. The maximum absolute atomic E-state index is 7.30. The summed E-state index contributed by atoms with van der Waals surface area (Å²) >= 11 is 0. The van der Waals surface area contributed by atoms with E-state index in [1.165, 1.54) is 66.8 Å². The van der Waals surface area contributed by atoms with Crippen LogP contribution in [-0.4, -0.2) is 0 Å². The van der Waals surface area contributed by atoms with Crippen molar-refractivity contribution in [2.75, 3.05) is 4.90 Å². The van der Waals surface area contributed by atoms with Crippen molar-refractivity contribution in [2.45, 2.75) is 10.8 Å². The average Bonchev–Trinajstić information content (AvgIpc) is 3.98. The Balaban J connectivity index is 0.992. The summed E-state index contributed by atoms with van der Waals surface area (Å²) in [6, 6.07) is 85.7. The molecule has 0 unspecified atom stereocenters. The number of hydrogen-bond donors (Lipinski definition) is 0. The van der Waals surface area contributed by atoms with Gasteiger partial charge in [-0.2, -0.15) is 0 Å². The molecule has 0 bridgehead atoms. The topological polar surface area (TPSA) is 21.7 Å². The van der Waals surface area contributed by atoms with E-state index in [0.717, 1.165) is 33.9 Å². The number of anilines is 3. The fourth-order valence-electron chi connectivity index (χ4n) is 12.0. The van der Waals surface area contributed by atoms with E-state index in [1.807, 2.05) is 6.07 Å². The standard InChI is InChI=1S/C62H39NO2/c1-4-20-40(21-5-1)61(41-22-6-2-7-23-41)48-31-14-12-28-45(48)46-30-18-35-53(58(46)61)63(42-24-8-3-9-25-42)54-36-19-37-55-59(54)64-56-39-38-52-57(60(56)65-55)47-29-13-17-34-51(47)62(52)49-32-15-10-26-43(49)44-27-11-16-33-50(44)62/h1-39H. The van der Waals surface area contributed by atoms with Gasteiger partial charge in [-0.1, -0.05) is 200 Å². The van der Waals surface area contributed by atoms with E-state index in [2.05, 4.69) is 235 Å². The fraction of sp³-hybridized carbons (Fsp3) is 0.0323. The molecule has 0 saturated heterocycles. The highest BCUT2D eigenvalue weighted by Crippen LogP contribution is 2.67. The van der Waals surface area contributed by atoms with Crippen LogP contribution in [0.2, 0.25) is 0 Å². The highest BCUT2D eigenvalue weighted by Gasteiger charge is 2.53. The number of fused-ring (bicyclic) bond motifs is 16. The molecule has 3 aliphatic carbocycles. The first-order valence-corrected chi connectivity index (χ1v) is 22.4. The van der Waals surface area contributed by atoms with Gasteiger partial charge in [0.1, 0.15) is 0 Å². The van der Waals surface area contributed by atoms with Crippen molar-refractivity contribution in [3.63, 3.8) is 0 Å². The molecule has 304 valence electrons. The molecule has 14 rings (SSSR count). The number of ether oxygens (including phenoxy) is 2. The Labute approximate surface area is 378 Å². The van der Waals surface area contributed by atoms with Crippen molar-refractivity contribution < 1.29 is 9.47 Å². The van der Waals surface area contributed by atoms with Crippen molar-refractivity contribution in [3.05, 3.63) is 281 Å². The lowest BCUT2D eigenvalue weighted by Gasteiger charge is -2.38. The van der Waals surface area contributed by atoms with Gasteiger partial charge in [-0.15, -0.1) is 0 Å². The van der Waals surface area contributed by atoms with Crippen LogP contribution in [0.1, 0.15) is 44.5 Å². The zero-order valence-corrected chi connectivity index (χ0v) is 35.3. The number of benzene rings is 10. The molecule has 1 heterocycles. The Kier molecular flexibility index (Phi) is 7.53. The lowest BCUT2D eigenvalue weighted by atomic mass is 9.67. The molecular weight excluding hydrogens is 791 g/mol. The second-order valence-electron chi connectivity index (χ2n) is 17.4. The SMILES string of the molecule is c1ccc(N(c2cccc3c2Oc2ccc4c(c2O3)-c2ccccc2C42c3ccccc3-c3ccccc32)c2cccc3c2C(c2ccccc2)(c2ccccc2)c2ccccc2-3)cc1. The smallest absolute Gasteiger partial charge is 0.194 e. The molecule has 10 aromatic rings. The van der Waals surface area contributed by atoms with Crippen molar-refractivity contribution in [1.29, 1.82) is 0 Å². The predicted molar refractivity (Wildman–Crippen MR) is 261 cm³/mol. The Bertz CT molecular complexity index is 3470. The van der Waals surface area contributed by atoms with Crippen LogP contribution < -0.4 is 14.4 Å². The molecule has 0 aromatic heterocycles. The van der Waals surface area contributed by atoms with E-state index >= 15 is 0 Å². The van der Waals surface area contributed by atoms with Crippen LogP contribution in [0.3, 0.4) is 0 Å². The van der Waals surface area contributed by atoms with Crippen LogP contribution in [0.4, 0.5) is 17.1 Å². The third-order valence-corrected chi connectivity index (χ3v) is 14.4. The Morgan fingerprint density at radius 1 is 0.292 bits per heavy atom. The number of rotatable bonds is 5. The first-order valence-electron chi connectivity index (χ1n) is 22.4. The minimum atomic E-state index is -0.627. The second kappa shape index (κ2) is 13.6. The van der Waals surface area contributed by atoms with E-state index in [-0.39, 0.29) is 0 Å². The van der Waals surface area contributed by atoms with Gasteiger partial charge >= 0.3 is 0 Å². The van der Waals surface area contributed by atoms with Crippen LogP contribution in [0.5, 0.6) is 23.0 Å². The maximum Gasteiger partial charge on any atom is 0.194 e. The van der Waals surface area contributed by atoms with Crippen LogP contribution in [0.15, 0.2) is 237 Å². The van der Waals surface area contributed by atoms with E-state index < -0.39 is 10.8 Å². The number of hydrogen-bond acceptors (Lipinski definition) is 3. The summed E-state index contributed by atoms with van der Waals surface area (Å²) in [5, 5.41) is 0. The third-order valence-electron chi connectivity index (χ3n) is 14.4. The largest absolute Gasteiger partial charge is 0.449 e. The average molecular weight is 830 g/mol. The molecule has 0 atom stereocenters. The minimum Gasteiger partial charge on any atom is -0.449 e. The summed E-state index contributed by atoms with van der Waals surface area (Å²) in [6.45, 7) is 0. The van der Waals surface area contributed by atoms with Gasteiger partial charge in [0, 0.05) is 16.8 Å². The molecule has 0 saturated carbocycles. The Morgan fingerprint density at radius 3 is 1.37 bits per heavy atom. The van der Waals surface area contributed by atoms with E-state index in [0.29, 0.717) is 17.2 Å². The molecule has 0 fully saturated rings. The van der Waals surface area contributed by atoms with E-state index in [1.54, 1.807) is 0 Å². The molecule has 0 N–H and O–H groups in total. The van der Waals surface area contributed by atoms with Gasteiger partial charge < -0.3 is 14.4 Å². The van der Waals surface area contributed by atoms with Crippen molar-refractivity contribution in [3.8, 4) is 56.4 Å². The first kappa shape index (κ1) is 36.1. The molecule has 0 radical (unpaired) electrons. The van der Waals surface area contributed by atoms with Crippen molar-refractivity contribution >= 4 is 17.1 Å². The molecule has 3 heteroatoms. The normalized spacial score (nSPS) is 14.3. The summed E-state index contributed by atoms with van der Waals surface area (Å²) in [6.07, 6.45) is 0. The summed E-state index contributed by atoms with van der Waals surface area (Å²) in [5.41, 5.74) is 19.0. The van der Waals surface area contributed by atoms with Crippen LogP contribution in [-0.2, 0) is 10.8 Å². The second-order valence-corrected chi connectivity index (χ2v) is 17.4. The molecular formula is C62H39NO2. The summed E-state index contributed by atoms with van der Waals surface area (Å²) in [5.74, 6) is 2.77. The van der Waals surface area contributed by atoms with Gasteiger partial charge in [-0.3, -0.25) is 0 Å². The molecule has 65 heavy (non-hydrogen) atoms. The fourth-order valence-corrected chi connectivity index (χ4v) is 12.0. The highest BCUT2D eigenvalue weighted by molar-refractivity contribution is 5.99. The monoisotopic (exact) mass is 829 g/mol. The van der Waals surface area contributed by atoms with Crippen LogP contribution in [0, 0.1) is 0 Å². The zero-order valence-electron chi connectivity index (χ0n) is 35.3. The molecule has 1 aliphatic heterocycles. The third kappa shape index (κ3) is 4.69. The van der Waals surface area contributed by atoms with Crippen molar-refractivity contribution in [1.82, 2.24) is 0 Å². The van der Waals surface area contributed by atoms with Gasteiger partial charge in [0.05, 0.1) is 22.2 Å². The molecule has 10 aromatic carbocycles. The van der Waals surface area contributed by atoms with Gasteiger partial charge in [0.2, 0.25) is 0 Å². The van der Waals surface area contributed by atoms with Gasteiger partial charge in [0.15, 0.2) is 23.0 Å². The number of nitrogens with zero attached hydrogens (tertiary/aromatic N) is 1. The molecule has 1 spiro atoms. The maximum atomic E-state index is 7.30. The van der Waals surface area contributed by atoms with Crippen molar-refractivity contribution in [2.24, 2.45) is 0 Å². The lowest BCUT2D eigenvalue weighted by Crippen LogP contribution is -2.30. The van der Waals surface area contributed by atoms with E-state index in [4.69, 9.17) is 9.47 Å². The molecule has 4 aliphatic rings. The summed E-state index contributed by atoms with van der Waals surface area (Å²) in [4.78, 5) is 2.38. The van der Waals surface area contributed by atoms with Gasteiger partial charge in [0.25, 0.3) is 0 Å². The minimum absolute atomic E-state index is 0.487. The Hall–Kier alpha value is -8.40. The quantitative estimate of drug-likeness (QED) is 0.172. The lowest BCUT2D eigenvalue weighted by molar-refractivity contribution is 0.361. The Morgan fingerprint density at radius 2 is 0.738 bits per heavy atom. The predicted octanol–water partition coefficient (Wildman–Crippen LogP) is 15.8. The van der Waals surface area contributed by atoms with Crippen LogP contribution in [0.25, 0.3) is 33.4 Å². The van der Waals surface area contributed by atoms with E-state index in [9.17, 15) is 0 Å². The first-order chi connectivity index (χ1) is 32.3. The summed E-state index contributed by atoms with van der Waals surface area (Å²) in [7, 11) is 0. The molecule has 3 nitrogen and oxygen atoms in total. The number of para-hydroxylation sites is 2. The zero-order chi connectivity index (χ0) is 42.7. The summed E-state index contributed by atoms with van der Waals surface area (Å²) < 4.78 is 14.6. The highest BCUT2D eigenvalue weighted by atomic mass is 16.6. The van der Waals surface area contributed by atoms with Gasteiger partial charge in [-0.25, -0.2) is 0 Å². The van der Waals surface area contributed by atoms with Crippen LogP contribution >= 0.6 is 0 Å².